The van der Waals surface area contributed by atoms with Crippen LogP contribution in [-0.2, 0) is 13.2 Å². The van der Waals surface area contributed by atoms with E-state index in [2.05, 4.69) is 24.1 Å². The van der Waals surface area contributed by atoms with Gasteiger partial charge in [0.2, 0.25) is 0 Å². The van der Waals surface area contributed by atoms with Crippen molar-refractivity contribution in [2.75, 3.05) is 6.54 Å². The van der Waals surface area contributed by atoms with E-state index in [1.807, 2.05) is 30.3 Å². The number of para-hydroxylation sites is 1. The quantitative estimate of drug-likeness (QED) is 0.837. The minimum absolute atomic E-state index is 0.467. The Morgan fingerprint density at radius 2 is 2.10 bits per heavy atom. The highest BCUT2D eigenvalue weighted by molar-refractivity contribution is 6.32. The van der Waals surface area contributed by atoms with Gasteiger partial charge in [-0.15, -0.1) is 0 Å². The van der Waals surface area contributed by atoms with Gasteiger partial charge in [0.15, 0.2) is 0 Å². The Morgan fingerprint density at radius 3 is 2.81 bits per heavy atom. The molecule has 0 aliphatic carbocycles. The number of rotatable bonds is 7. The molecule has 0 aliphatic rings. The molecule has 4 heteroatoms. The summed E-state index contributed by atoms with van der Waals surface area (Å²) in [4.78, 5) is 4.09. The summed E-state index contributed by atoms with van der Waals surface area (Å²) in [5.41, 5.74) is 2.10. The summed E-state index contributed by atoms with van der Waals surface area (Å²) in [6.07, 6.45) is 3.55. The fourth-order valence-corrected chi connectivity index (χ4v) is 2.24. The third-order valence-electron chi connectivity index (χ3n) is 3.02. The van der Waals surface area contributed by atoms with Gasteiger partial charge in [-0.25, -0.2) is 0 Å². The van der Waals surface area contributed by atoms with Gasteiger partial charge in [0.05, 0.1) is 5.02 Å². The second kappa shape index (κ2) is 8.01. The number of nitrogens with zero attached hydrogens (tertiary/aromatic N) is 1. The first-order chi connectivity index (χ1) is 10.2. The highest BCUT2D eigenvalue weighted by Crippen LogP contribution is 2.29. The van der Waals surface area contributed by atoms with E-state index in [-0.39, 0.29) is 0 Å². The molecule has 0 amide bonds. The van der Waals surface area contributed by atoms with E-state index in [1.54, 1.807) is 12.4 Å². The van der Waals surface area contributed by atoms with E-state index in [4.69, 9.17) is 16.3 Å². The third kappa shape index (κ3) is 5.03. The van der Waals surface area contributed by atoms with Gasteiger partial charge < -0.3 is 10.1 Å². The van der Waals surface area contributed by atoms with E-state index in [9.17, 15) is 0 Å². The maximum absolute atomic E-state index is 6.27. The molecular weight excluding hydrogens is 284 g/mol. The average molecular weight is 305 g/mol. The number of nitrogens with one attached hydrogen (secondary N) is 1. The normalized spacial score (nSPS) is 10.9. The molecular formula is C17H21ClN2O. The Labute approximate surface area is 131 Å². The Bertz CT molecular complexity index is 558. The highest BCUT2D eigenvalue weighted by Gasteiger charge is 2.09. The molecule has 2 rings (SSSR count). The summed E-state index contributed by atoms with van der Waals surface area (Å²) >= 11 is 6.27. The molecule has 0 saturated heterocycles. The standard InChI is InChI=1S/C17H21ClN2O/c1-13(2)9-20-11-15-6-3-7-16(18)17(15)21-12-14-5-4-8-19-10-14/h3-8,10,13,20H,9,11-12H2,1-2H3. The van der Waals surface area contributed by atoms with Crippen molar-refractivity contribution < 1.29 is 4.74 Å². The van der Waals surface area contributed by atoms with Crippen molar-refractivity contribution in [2.45, 2.75) is 27.0 Å². The van der Waals surface area contributed by atoms with E-state index >= 15 is 0 Å². The van der Waals surface area contributed by atoms with Gasteiger partial charge in [-0.3, -0.25) is 4.98 Å². The van der Waals surface area contributed by atoms with Crippen molar-refractivity contribution in [2.24, 2.45) is 5.92 Å². The summed E-state index contributed by atoms with van der Waals surface area (Å²) in [5, 5.41) is 4.06. The predicted octanol–water partition coefficient (Wildman–Crippen LogP) is 4.06. The van der Waals surface area contributed by atoms with Crippen molar-refractivity contribution in [1.82, 2.24) is 10.3 Å². The van der Waals surface area contributed by atoms with Gasteiger partial charge in [-0.1, -0.05) is 43.6 Å². The first kappa shape index (κ1) is 15.8. The smallest absolute Gasteiger partial charge is 0.142 e. The summed E-state index contributed by atoms with van der Waals surface area (Å²) in [7, 11) is 0. The lowest BCUT2D eigenvalue weighted by Gasteiger charge is -2.14. The first-order valence-electron chi connectivity index (χ1n) is 7.16. The number of aromatic nitrogens is 1. The summed E-state index contributed by atoms with van der Waals surface area (Å²) < 4.78 is 5.90. The Hall–Kier alpha value is -1.58. The van der Waals surface area contributed by atoms with Gasteiger partial charge in [0, 0.05) is 30.1 Å². The zero-order valence-corrected chi connectivity index (χ0v) is 13.2. The van der Waals surface area contributed by atoms with Crippen LogP contribution in [-0.4, -0.2) is 11.5 Å². The van der Waals surface area contributed by atoms with Crippen LogP contribution in [0.15, 0.2) is 42.7 Å². The van der Waals surface area contributed by atoms with Gasteiger partial charge in [-0.05, 0) is 24.6 Å². The molecule has 3 nitrogen and oxygen atoms in total. The maximum Gasteiger partial charge on any atom is 0.142 e. The average Bonchev–Trinajstić information content (AvgIpc) is 2.47. The Morgan fingerprint density at radius 1 is 1.24 bits per heavy atom. The lowest BCUT2D eigenvalue weighted by molar-refractivity contribution is 0.301. The molecule has 0 saturated carbocycles. The second-order valence-corrected chi connectivity index (χ2v) is 5.81. The fraction of sp³-hybridized carbons (Fsp3) is 0.353. The number of halogens is 1. The zero-order valence-electron chi connectivity index (χ0n) is 12.5. The Balaban J connectivity index is 2.03. The first-order valence-corrected chi connectivity index (χ1v) is 7.54. The van der Waals surface area contributed by atoms with Crippen LogP contribution in [0, 0.1) is 5.92 Å². The number of benzene rings is 1. The zero-order chi connectivity index (χ0) is 15.1. The molecule has 1 N–H and O–H groups in total. The van der Waals surface area contributed by atoms with Gasteiger partial charge in [0.1, 0.15) is 12.4 Å². The summed E-state index contributed by atoms with van der Waals surface area (Å²) in [6, 6.07) is 9.73. The molecule has 0 bridgehead atoms. The molecule has 0 spiro atoms. The van der Waals surface area contributed by atoms with Crippen LogP contribution in [0.2, 0.25) is 5.02 Å². The third-order valence-corrected chi connectivity index (χ3v) is 3.32. The molecule has 112 valence electrons. The number of hydrogen-bond acceptors (Lipinski definition) is 3. The van der Waals surface area contributed by atoms with Crippen LogP contribution in [0.25, 0.3) is 0 Å². The largest absolute Gasteiger partial charge is 0.487 e. The SMILES string of the molecule is CC(C)CNCc1cccc(Cl)c1OCc1cccnc1. The van der Waals surface area contributed by atoms with E-state index in [0.717, 1.165) is 30.0 Å². The van der Waals surface area contributed by atoms with E-state index in [0.29, 0.717) is 17.5 Å². The lowest BCUT2D eigenvalue weighted by atomic mass is 10.1. The Kier molecular flexibility index (Phi) is 6.03. The molecule has 2 aromatic rings. The van der Waals surface area contributed by atoms with Crippen LogP contribution in [0.1, 0.15) is 25.0 Å². The van der Waals surface area contributed by atoms with E-state index in [1.165, 1.54) is 0 Å². The fourth-order valence-electron chi connectivity index (χ4n) is 1.99. The van der Waals surface area contributed by atoms with E-state index < -0.39 is 0 Å². The monoisotopic (exact) mass is 304 g/mol. The maximum atomic E-state index is 6.27. The topological polar surface area (TPSA) is 34.1 Å². The van der Waals surface area contributed by atoms with Crippen molar-refractivity contribution >= 4 is 11.6 Å². The molecule has 0 aliphatic heterocycles. The molecule has 0 radical (unpaired) electrons. The van der Waals surface area contributed by atoms with Crippen LogP contribution >= 0.6 is 11.6 Å². The number of pyridine rings is 1. The van der Waals surface area contributed by atoms with Crippen molar-refractivity contribution in [3.05, 3.63) is 58.9 Å². The summed E-state index contributed by atoms with van der Waals surface area (Å²) in [5.74, 6) is 1.36. The molecule has 0 fully saturated rings. The van der Waals surface area contributed by atoms with Crippen molar-refractivity contribution in [3.63, 3.8) is 0 Å². The molecule has 1 heterocycles. The van der Waals surface area contributed by atoms with Crippen molar-refractivity contribution in [1.29, 1.82) is 0 Å². The predicted molar refractivity (Wildman–Crippen MR) is 86.6 cm³/mol. The van der Waals surface area contributed by atoms with Crippen molar-refractivity contribution in [3.8, 4) is 5.75 Å². The lowest BCUT2D eigenvalue weighted by Crippen LogP contribution is -2.19. The number of hydrogen-bond donors (Lipinski definition) is 1. The van der Waals surface area contributed by atoms with Gasteiger partial charge in [-0.2, -0.15) is 0 Å². The van der Waals surface area contributed by atoms with Crippen LogP contribution < -0.4 is 10.1 Å². The molecule has 1 aromatic carbocycles. The minimum Gasteiger partial charge on any atom is -0.487 e. The molecule has 1 aromatic heterocycles. The highest BCUT2D eigenvalue weighted by atomic mass is 35.5. The summed E-state index contributed by atoms with van der Waals surface area (Å²) in [6.45, 7) is 6.56. The molecule has 0 unspecified atom stereocenters. The van der Waals surface area contributed by atoms with Crippen LogP contribution in [0.4, 0.5) is 0 Å². The number of ether oxygens (including phenoxy) is 1. The minimum atomic E-state index is 0.467. The second-order valence-electron chi connectivity index (χ2n) is 5.40. The van der Waals surface area contributed by atoms with Gasteiger partial charge in [0.25, 0.3) is 0 Å². The van der Waals surface area contributed by atoms with Crippen LogP contribution in [0.3, 0.4) is 0 Å². The van der Waals surface area contributed by atoms with Crippen LogP contribution in [0.5, 0.6) is 5.75 Å². The van der Waals surface area contributed by atoms with Gasteiger partial charge >= 0.3 is 0 Å². The molecule has 0 atom stereocenters. The molecule has 21 heavy (non-hydrogen) atoms.